The van der Waals surface area contributed by atoms with E-state index < -0.39 is 28.5 Å². The fourth-order valence-corrected chi connectivity index (χ4v) is 5.57. The second kappa shape index (κ2) is 14.5. The molecule has 2 amide bonds. The molecule has 40 heavy (non-hydrogen) atoms. The Bertz CT molecular complexity index is 1330. The number of amides is 2. The van der Waals surface area contributed by atoms with Gasteiger partial charge >= 0.3 is 0 Å². The van der Waals surface area contributed by atoms with Crippen LogP contribution in [0.15, 0.2) is 89.8 Å². The van der Waals surface area contributed by atoms with Crippen LogP contribution < -0.4 is 14.4 Å². The Morgan fingerprint density at radius 3 is 2.05 bits per heavy atom. The lowest BCUT2D eigenvalue weighted by atomic mass is 10.1. The van der Waals surface area contributed by atoms with E-state index in [-0.39, 0.29) is 23.4 Å². The number of nitrogens with zero attached hydrogens (tertiary/aromatic N) is 2. The van der Waals surface area contributed by atoms with Gasteiger partial charge in [0.05, 0.1) is 17.2 Å². The Kier molecular flexibility index (Phi) is 11.1. The zero-order chi connectivity index (χ0) is 29.1. The topological polar surface area (TPSA) is 96.0 Å². The number of carbonyl (C=O) groups excluding carboxylic acids is 2. The van der Waals surface area contributed by atoms with Crippen LogP contribution in [0.4, 0.5) is 5.69 Å². The van der Waals surface area contributed by atoms with Crippen molar-refractivity contribution in [3.63, 3.8) is 0 Å². The fourth-order valence-electron chi connectivity index (χ4n) is 4.16. The SMILES string of the molecule is CCOc1ccc(S(=O)(=O)N(CC(=O)N(CCc2ccccc2)[C@H](C)C(=O)N[C@@H](C)CC)c2ccccc2)cc1. The number of nitrogens with one attached hydrogen (secondary N) is 1. The minimum absolute atomic E-state index is 0.0333. The number of ether oxygens (including phenoxy) is 1. The van der Waals surface area contributed by atoms with Crippen LogP contribution in [0.5, 0.6) is 5.75 Å². The van der Waals surface area contributed by atoms with Crippen molar-refractivity contribution < 1.29 is 22.7 Å². The van der Waals surface area contributed by atoms with Gasteiger partial charge in [-0.3, -0.25) is 13.9 Å². The molecule has 3 aromatic rings. The van der Waals surface area contributed by atoms with E-state index in [0.29, 0.717) is 24.5 Å². The van der Waals surface area contributed by atoms with Gasteiger partial charge in [-0.05, 0) is 75.6 Å². The van der Waals surface area contributed by atoms with E-state index in [2.05, 4.69) is 5.32 Å². The normalized spacial score (nSPS) is 12.7. The number of hydrogen-bond acceptors (Lipinski definition) is 5. The standard InChI is InChI=1S/C31H39N3O5S/c1-5-24(3)32-31(36)25(4)33(22-21-26-13-9-7-10-14-26)30(35)23-34(27-15-11-8-12-16-27)40(37,38)29-19-17-28(18-20-29)39-6-2/h7-20,24-25H,5-6,21-23H2,1-4H3,(H,32,36)/t24-,25+/m0/s1. The molecule has 3 rings (SSSR count). The minimum atomic E-state index is -4.12. The number of carbonyl (C=O) groups is 2. The average molecular weight is 566 g/mol. The van der Waals surface area contributed by atoms with Crippen LogP contribution in [0.2, 0.25) is 0 Å². The molecule has 9 heteroatoms. The van der Waals surface area contributed by atoms with Gasteiger partial charge in [0, 0.05) is 12.6 Å². The van der Waals surface area contributed by atoms with Crippen LogP contribution in [0.25, 0.3) is 0 Å². The maximum atomic E-state index is 13.9. The van der Waals surface area contributed by atoms with Gasteiger partial charge in [0.15, 0.2) is 0 Å². The smallest absolute Gasteiger partial charge is 0.264 e. The van der Waals surface area contributed by atoms with Gasteiger partial charge in [-0.15, -0.1) is 0 Å². The molecule has 0 spiro atoms. The van der Waals surface area contributed by atoms with Gasteiger partial charge in [-0.1, -0.05) is 55.5 Å². The summed E-state index contributed by atoms with van der Waals surface area (Å²) in [5, 5.41) is 2.94. The van der Waals surface area contributed by atoms with Gasteiger partial charge in [-0.2, -0.15) is 0 Å². The van der Waals surface area contributed by atoms with Crippen molar-refractivity contribution in [1.29, 1.82) is 0 Å². The maximum absolute atomic E-state index is 13.9. The molecule has 0 aliphatic carbocycles. The average Bonchev–Trinajstić information content (AvgIpc) is 2.97. The first-order valence-electron chi connectivity index (χ1n) is 13.6. The largest absolute Gasteiger partial charge is 0.494 e. The van der Waals surface area contributed by atoms with Crippen molar-refractivity contribution in [2.24, 2.45) is 0 Å². The molecule has 0 heterocycles. The second-order valence-electron chi connectivity index (χ2n) is 9.57. The molecule has 8 nitrogen and oxygen atoms in total. The molecule has 0 saturated carbocycles. The van der Waals surface area contributed by atoms with E-state index in [4.69, 9.17) is 4.74 Å². The Morgan fingerprint density at radius 1 is 0.875 bits per heavy atom. The van der Waals surface area contributed by atoms with Crippen LogP contribution in [0.1, 0.15) is 39.7 Å². The molecule has 1 N–H and O–H groups in total. The number of rotatable bonds is 14. The number of benzene rings is 3. The molecule has 0 saturated heterocycles. The van der Waals surface area contributed by atoms with Crippen molar-refractivity contribution in [3.05, 3.63) is 90.5 Å². The molecule has 0 aromatic heterocycles. The third-order valence-electron chi connectivity index (χ3n) is 6.70. The van der Waals surface area contributed by atoms with E-state index in [9.17, 15) is 18.0 Å². The molecule has 3 aromatic carbocycles. The molecule has 0 fully saturated rings. The molecule has 214 valence electrons. The summed E-state index contributed by atoms with van der Waals surface area (Å²) in [6.07, 6.45) is 1.27. The Balaban J connectivity index is 1.94. The van der Waals surface area contributed by atoms with E-state index in [0.717, 1.165) is 16.3 Å². The number of anilines is 1. The van der Waals surface area contributed by atoms with Gasteiger partial charge in [0.2, 0.25) is 11.8 Å². The zero-order valence-corrected chi connectivity index (χ0v) is 24.4. The van der Waals surface area contributed by atoms with Crippen molar-refractivity contribution >= 4 is 27.5 Å². The number of para-hydroxylation sites is 1. The summed E-state index contributed by atoms with van der Waals surface area (Å²) >= 11 is 0. The highest BCUT2D eigenvalue weighted by Gasteiger charge is 2.32. The Morgan fingerprint density at radius 2 is 1.48 bits per heavy atom. The van der Waals surface area contributed by atoms with Crippen molar-refractivity contribution in [2.45, 2.75) is 57.5 Å². The highest BCUT2D eigenvalue weighted by Crippen LogP contribution is 2.25. The predicted octanol–water partition coefficient (Wildman–Crippen LogP) is 4.66. The number of hydrogen-bond donors (Lipinski definition) is 1. The molecular formula is C31H39N3O5S. The van der Waals surface area contributed by atoms with Crippen LogP contribution in [0, 0.1) is 0 Å². The summed E-state index contributed by atoms with van der Waals surface area (Å²) in [6, 6.07) is 23.4. The summed E-state index contributed by atoms with van der Waals surface area (Å²) in [7, 11) is -4.12. The maximum Gasteiger partial charge on any atom is 0.264 e. The van der Waals surface area contributed by atoms with Gasteiger partial charge in [0.25, 0.3) is 10.0 Å². The molecule has 0 unspecified atom stereocenters. The second-order valence-corrected chi connectivity index (χ2v) is 11.4. The van der Waals surface area contributed by atoms with E-state index in [1.54, 1.807) is 49.4 Å². The summed E-state index contributed by atoms with van der Waals surface area (Å²) in [5.41, 5.74) is 1.36. The Labute approximate surface area is 238 Å². The Hall–Kier alpha value is -3.85. The monoisotopic (exact) mass is 565 g/mol. The summed E-state index contributed by atoms with van der Waals surface area (Å²) in [6.45, 7) is 7.64. The molecule has 0 aliphatic heterocycles. The van der Waals surface area contributed by atoms with Crippen LogP contribution >= 0.6 is 0 Å². The molecular weight excluding hydrogens is 526 g/mol. The summed E-state index contributed by atoms with van der Waals surface area (Å²) < 4.78 is 34.3. The molecule has 0 bridgehead atoms. The van der Waals surface area contributed by atoms with Crippen molar-refractivity contribution in [3.8, 4) is 5.75 Å². The summed E-state index contributed by atoms with van der Waals surface area (Å²) in [5.74, 6) is -0.200. The van der Waals surface area contributed by atoms with Crippen molar-refractivity contribution in [1.82, 2.24) is 10.2 Å². The minimum Gasteiger partial charge on any atom is -0.494 e. The predicted molar refractivity (Wildman–Crippen MR) is 158 cm³/mol. The lowest BCUT2D eigenvalue weighted by Gasteiger charge is -2.32. The molecule has 0 aliphatic rings. The van der Waals surface area contributed by atoms with E-state index in [1.165, 1.54) is 17.0 Å². The van der Waals surface area contributed by atoms with Crippen molar-refractivity contribution in [2.75, 3.05) is 24.0 Å². The van der Waals surface area contributed by atoms with Gasteiger partial charge in [-0.25, -0.2) is 8.42 Å². The lowest BCUT2D eigenvalue weighted by Crippen LogP contribution is -2.53. The third-order valence-corrected chi connectivity index (χ3v) is 8.49. The first kappa shape index (κ1) is 30.7. The fraction of sp³-hybridized carbons (Fsp3) is 0.355. The van der Waals surface area contributed by atoms with E-state index in [1.807, 2.05) is 51.1 Å². The lowest BCUT2D eigenvalue weighted by molar-refractivity contribution is -0.139. The number of sulfonamides is 1. The zero-order valence-electron chi connectivity index (χ0n) is 23.6. The third kappa shape index (κ3) is 8.08. The van der Waals surface area contributed by atoms with Gasteiger partial charge in [0.1, 0.15) is 18.3 Å². The quantitative estimate of drug-likeness (QED) is 0.307. The first-order chi connectivity index (χ1) is 19.2. The van der Waals surface area contributed by atoms with Crippen LogP contribution in [-0.2, 0) is 26.0 Å². The first-order valence-corrected chi connectivity index (χ1v) is 15.1. The van der Waals surface area contributed by atoms with Crippen LogP contribution in [-0.4, -0.2) is 56.9 Å². The van der Waals surface area contributed by atoms with E-state index >= 15 is 0 Å². The highest BCUT2D eigenvalue weighted by molar-refractivity contribution is 7.92. The summed E-state index contributed by atoms with van der Waals surface area (Å²) in [4.78, 5) is 28.5. The van der Waals surface area contributed by atoms with Crippen LogP contribution in [0.3, 0.4) is 0 Å². The van der Waals surface area contributed by atoms with Gasteiger partial charge < -0.3 is 15.0 Å². The highest BCUT2D eigenvalue weighted by atomic mass is 32.2. The molecule has 2 atom stereocenters. The molecule has 0 radical (unpaired) electrons.